The molecule has 0 aliphatic carbocycles. The molecule has 0 radical (unpaired) electrons. The van der Waals surface area contributed by atoms with Crippen LogP contribution in [0, 0.1) is 0 Å². The van der Waals surface area contributed by atoms with Crippen molar-refractivity contribution in [3.05, 3.63) is 23.8 Å². The lowest BCUT2D eigenvalue weighted by Gasteiger charge is -2.12. The van der Waals surface area contributed by atoms with Gasteiger partial charge in [0.15, 0.2) is 11.5 Å². The molecule has 1 aromatic rings. The first-order valence-electron chi connectivity index (χ1n) is 5.35. The van der Waals surface area contributed by atoms with Gasteiger partial charge in [-0.05, 0) is 24.6 Å². The number of nitrogens with two attached hydrogens (primary N) is 1. The third-order valence-electron chi connectivity index (χ3n) is 2.26. The molecule has 0 aromatic heterocycles. The standard InChI is InChI=1S/C12H19NO3/c1-9(14)5-6-16-12-7-10(8-13)3-4-11(12)15-2/h3-4,7,9,14H,5-6,8,13H2,1-2H3. The monoisotopic (exact) mass is 225 g/mol. The summed E-state index contributed by atoms with van der Waals surface area (Å²) >= 11 is 0. The number of benzene rings is 1. The molecule has 1 aromatic carbocycles. The van der Waals surface area contributed by atoms with Crippen LogP contribution in [0.2, 0.25) is 0 Å². The fourth-order valence-corrected chi connectivity index (χ4v) is 1.30. The zero-order chi connectivity index (χ0) is 12.0. The maximum absolute atomic E-state index is 9.13. The SMILES string of the molecule is COc1ccc(CN)cc1OCCC(C)O. The molecule has 0 amide bonds. The summed E-state index contributed by atoms with van der Waals surface area (Å²) in [5, 5.41) is 9.13. The van der Waals surface area contributed by atoms with E-state index >= 15 is 0 Å². The Morgan fingerprint density at radius 1 is 1.38 bits per heavy atom. The van der Waals surface area contributed by atoms with Crippen LogP contribution in [0.15, 0.2) is 18.2 Å². The molecular weight excluding hydrogens is 206 g/mol. The highest BCUT2D eigenvalue weighted by atomic mass is 16.5. The average molecular weight is 225 g/mol. The fourth-order valence-electron chi connectivity index (χ4n) is 1.30. The van der Waals surface area contributed by atoms with E-state index in [1.807, 2.05) is 18.2 Å². The molecule has 4 nitrogen and oxygen atoms in total. The van der Waals surface area contributed by atoms with Crippen LogP contribution in [-0.4, -0.2) is 24.9 Å². The Kier molecular flexibility index (Phi) is 5.08. The number of aliphatic hydroxyl groups excluding tert-OH is 1. The molecule has 0 heterocycles. The Hall–Kier alpha value is -1.26. The molecule has 0 fully saturated rings. The van der Waals surface area contributed by atoms with Crippen LogP contribution < -0.4 is 15.2 Å². The van der Waals surface area contributed by atoms with Gasteiger partial charge in [0.25, 0.3) is 0 Å². The molecule has 0 spiro atoms. The third kappa shape index (κ3) is 3.72. The van der Waals surface area contributed by atoms with Crippen molar-refractivity contribution in [1.82, 2.24) is 0 Å². The molecule has 0 bridgehead atoms. The summed E-state index contributed by atoms with van der Waals surface area (Å²) in [7, 11) is 1.60. The predicted octanol–water partition coefficient (Wildman–Crippen LogP) is 1.30. The van der Waals surface area contributed by atoms with E-state index in [1.165, 1.54) is 0 Å². The van der Waals surface area contributed by atoms with Crippen molar-refractivity contribution < 1.29 is 14.6 Å². The lowest BCUT2D eigenvalue weighted by molar-refractivity contribution is 0.154. The van der Waals surface area contributed by atoms with Crippen LogP contribution in [-0.2, 0) is 6.54 Å². The summed E-state index contributed by atoms with van der Waals surface area (Å²) in [6, 6.07) is 5.60. The van der Waals surface area contributed by atoms with E-state index in [1.54, 1.807) is 14.0 Å². The first-order chi connectivity index (χ1) is 7.67. The van der Waals surface area contributed by atoms with E-state index in [-0.39, 0.29) is 6.10 Å². The quantitative estimate of drug-likeness (QED) is 0.766. The summed E-state index contributed by atoms with van der Waals surface area (Å²) < 4.78 is 10.7. The second-order valence-corrected chi connectivity index (χ2v) is 3.68. The maximum Gasteiger partial charge on any atom is 0.161 e. The van der Waals surface area contributed by atoms with E-state index in [9.17, 15) is 0 Å². The first-order valence-corrected chi connectivity index (χ1v) is 5.35. The van der Waals surface area contributed by atoms with Gasteiger partial charge < -0.3 is 20.3 Å². The molecule has 3 N–H and O–H groups in total. The van der Waals surface area contributed by atoms with Crippen molar-refractivity contribution in [3.8, 4) is 11.5 Å². The molecule has 16 heavy (non-hydrogen) atoms. The van der Waals surface area contributed by atoms with Crippen molar-refractivity contribution in [3.63, 3.8) is 0 Å². The normalized spacial score (nSPS) is 12.2. The van der Waals surface area contributed by atoms with Crippen molar-refractivity contribution in [2.75, 3.05) is 13.7 Å². The molecule has 0 aliphatic heterocycles. The van der Waals surface area contributed by atoms with Gasteiger partial charge >= 0.3 is 0 Å². The van der Waals surface area contributed by atoms with Crippen molar-refractivity contribution in [2.24, 2.45) is 5.73 Å². The van der Waals surface area contributed by atoms with Crippen LogP contribution in [0.4, 0.5) is 0 Å². The highest BCUT2D eigenvalue weighted by Gasteiger charge is 2.05. The van der Waals surface area contributed by atoms with Gasteiger partial charge in [-0.3, -0.25) is 0 Å². The number of hydrogen-bond acceptors (Lipinski definition) is 4. The summed E-state index contributed by atoms with van der Waals surface area (Å²) in [5.74, 6) is 1.36. The van der Waals surface area contributed by atoms with Crippen LogP contribution in [0.3, 0.4) is 0 Å². The molecule has 90 valence electrons. The molecular formula is C12H19NO3. The van der Waals surface area contributed by atoms with E-state index in [2.05, 4.69) is 0 Å². The van der Waals surface area contributed by atoms with Gasteiger partial charge in [0.2, 0.25) is 0 Å². The van der Waals surface area contributed by atoms with Crippen LogP contribution >= 0.6 is 0 Å². The minimum atomic E-state index is -0.358. The van der Waals surface area contributed by atoms with Crippen molar-refractivity contribution >= 4 is 0 Å². The summed E-state index contributed by atoms with van der Waals surface area (Å²) in [4.78, 5) is 0. The Balaban J connectivity index is 2.67. The van der Waals surface area contributed by atoms with Gasteiger partial charge in [-0.1, -0.05) is 6.07 Å². The fraction of sp³-hybridized carbons (Fsp3) is 0.500. The highest BCUT2D eigenvalue weighted by molar-refractivity contribution is 5.42. The van der Waals surface area contributed by atoms with Gasteiger partial charge in [-0.15, -0.1) is 0 Å². The Labute approximate surface area is 96.0 Å². The lowest BCUT2D eigenvalue weighted by atomic mass is 10.2. The maximum atomic E-state index is 9.13. The van der Waals surface area contributed by atoms with Gasteiger partial charge in [0.1, 0.15) is 0 Å². The van der Waals surface area contributed by atoms with E-state index in [0.29, 0.717) is 31.1 Å². The summed E-state index contributed by atoms with van der Waals surface area (Å²) in [6.07, 6.45) is 0.236. The summed E-state index contributed by atoms with van der Waals surface area (Å²) in [6.45, 7) is 2.66. The third-order valence-corrected chi connectivity index (χ3v) is 2.26. The van der Waals surface area contributed by atoms with Crippen LogP contribution in [0.25, 0.3) is 0 Å². The van der Waals surface area contributed by atoms with Gasteiger partial charge in [-0.25, -0.2) is 0 Å². The molecule has 4 heteroatoms. The largest absolute Gasteiger partial charge is 0.493 e. The van der Waals surface area contributed by atoms with Crippen molar-refractivity contribution in [2.45, 2.75) is 26.0 Å². The van der Waals surface area contributed by atoms with E-state index < -0.39 is 0 Å². The Morgan fingerprint density at radius 2 is 2.12 bits per heavy atom. The number of methoxy groups -OCH3 is 1. The van der Waals surface area contributed by atoms with E-state index in [0.717, 1.165) is 5.56 Å². The second kappa shape index (κ2) is 6.35. The van der Waals surface area contributed by atoms with Crippen LogP contribution in [0.5, 0.6) is 11.5 Å². The topological polar surface area (TPSA) is 64.7 Å². The molecule has 1 atom stereocenters. The summed E-state index contributed by atoms with van der Waals surface area (Å²) in [5.41, 5.74) is 6.54. The lowest BCUT2D eigenvalue weighted by Crippen LogP contribution is -2.08. The number of rotatable bonds is 6. The average Bonchev–Trinajstić information content (AvgIpc) is 2.28. The van der Waals surface area contributed by atoms with E-state index in [4.69, 9.17) is 20.3 Å². The van der Waals surface area contributed by atoms with Crippen LogP contribution in [0.1, 0.15) is 18.9 Å². The van der Waals surface area contributed by atoms with Gasteiger partial charge in [0, 0.05) is 13.0 Å². The second-order valence-electron chi connectivity index (χ2n) is 3.68. The highest BCUT2D eigenvalue weighted by Crippen LogP contribution is 2.28. The number of hydrogen-bond donors (Lipinski definition) is 2. The molecule has 1 unspecified atom stereocenters. The minimum absolute atomic E-state index is 0.358. The molecule has 0 aliphatic rings. The number of ether oxygens (including phenoxy) is 2. The zero-order valence-corrected chi connectivity index (χ0v) is 9.77. The minimum Gasteiger partial charge on any atom is -0.493 e. The Bertz CT molecular complexity index is 326. The molecule has 1 rings (SSSR count). The smallest absolute Gasteiger partial charge is 0.161 e. The van der Waals surface area contributed by atoms with Crippen molar-refractivity contribution in [1.29, 1.82) is 0 Å². The van der Waals surface area contributed by atoms with Gasteiger partial charge in [0.05, 0.1) is 19.8 Å². The molecule has 0 saturated carbocycles. The first kappa shape index (κ1) is 12.8. The zero-order valence-electron chi connectivity index (χ0n) is 9.77. The van der Waals surface area contributed by atoms with Gasteiger partial charge in [-0.2, -0.15) is 0 Å². The number of aliphatic hydroxyl groups is 1. The molecule has 0 saturated heterocycles. The predicted molar refractivity (Wildman–Crippen MR) is 62.7 cm³/mol. The Morgan fingerprint density at radius 3 is 2.69 bits per heavy atom.